The van der Waals surface area contributed by atoms with Crippen molar-refractivity contribution in [2.75, 3.05) is 6.54 Å². The summed E-state index contributed by atoms with van der Waals surface area (Å²) in [5.74, 6) is -1.19. The molecule has 0 bridgehead atoms. The fourth-order valence-corrected chi connectivity index (χ4v) is 1.97. The molecule has 1 aliphatic rings. The van der Waals surface area contributed by atoms with Crippen LogP contribution < -0.4 is 0 Å². The van der Waals surface area contributed by atoms with Gasteiger partial charge in [0.15, 0.2) is 0 Å². The van der Waals surface area contributed by atoms with Gasteiger partial charge < -0.3 is 4.90 Å². The summed E-state index contributed by atoms with van der Waals surface area (Å²) < 4.78 is 50.4. The lowest BCUT2D eigenvalue weighted by molar-refractivity contribution is -0.141. The average molecular weight is 275 g/mol. The normalized spacial score (nSPS) is 15.4. The number of nitrogens with zero attached hydrogens (tertiary/aromatic N) is 1. The maximum Gasteiger partial charge on any atom is 0.406 e. The van der Waals surface area contributed by atoms with E-state index in [1.54, 1.807) is 0 Å². The summed E-state index contributed by atoms with van der Waals surface area (Å²) in [6, 6.07) is 3.11. The monoisotopic (exact) mass is 275 g/mol. The number of carbonyl (C=O) groups excluding carboxylic acids is 1. The Morgan fingerprint density at radius 3 is 2.47 bits per heavy atom. The van der Waals surface area contributed by atoms with E-state index in [2.05, 4.69) is 0 Å². The molecule has 0 heterocycles. The van der Waals surface area contributed by atoms with Gasteiger partial charge in [-0.05, 0) is 43.5 Å². The minimum Gasteiger partial charge on any atom is -0.327 e. The van der Waals surface area contributed by atoms with Crippen LogP contribution in [0.5, 0.6) is 0 Å². The molecular weight excluding hydrogens is 262 g/mol. The van der Waals surface area contributed by atoms with Crippen molar-refractivity contribution < 1.29 is 22.4 Å². The molecule has 0 N–H and O–H groups in total. The van der Waals surface area contributed by atoms with Crippen LogP contribution in [0.4, 0.5) is 17.6 Å². The Hall–Kier alpha value is -1.59. The van der Waals surface area contributed by atoms with E-state index in [0.717, 1.165) is 17.0 Å². The summed E-state index contributed by atoms with van der Waals surface area (Å²) in [6.45, 7) is 0.252. The van der Waals surface area contributed by atoms with E-state index in [0.29, 0.717) is 18.4 Å². The molecule has 1 aromatic carbocycles. The highest BCUT2D eigenvalue weighted by Gasteiger charge is 2.41. The van der Waals surface area contributed by atoms with E-state index in [4.69, 9.17) is 0 Å². The third-order valence-electron chi connectivity index (χ3n) is 3.02. The van der Waals surface area contributed by atoms with E-state index in [-0.39, 0.29) is 11.6 Å². The van der Waals surface area contributed by atoms with E-state index < -0.39 is 24.4 Å². The van der Waals surface area contributed by atoms with Crippen LogP contribution in [-0.4, -0.2) is 29.6 Å². The van der Waals surface area contributed by atoms with Crippen LogP contribution in [-0.2, 0) is 0 Å². The number of carbonyl (C=O) groups is 1. The second-order valence-electron chi connectivity index (χ2n) is 4.74. The molecule has 6 heteroatoms. The Kier molecular flexibility index (Phi) is 3.52. The minimum absolute atomic E-state index is 0.123. The highest BCUT2D eigenvalue weighted by molar-refractivity contribution is 5.96. The van der Waals surface area contributed by atoms with Crippen molar-refractivity contribution in [3.63, 3.8) is 0 Å². The lowest BCUT2D eigenvalue weighted by Gasteiger charge is -2.24. The van der Waals surface area contributed by atoms with Crippen molar-refractivity contribution in [1.29, 1.82) is 0 Å². The zero-order valence-electron chi connectivity index (χ0n) is 10.3. The summed E-state index contributed by atoms with van der Waals surface area (Å²) in [5.41, 5.74) is 0.468. The Labute approximate surface area is 108 Å². The third kappa shape index (κ3) is 3.45. The molecule has 19 heavy (non-hydrogen) atoms. The van der Waals surface area contributed by atoms with Crippen LogP contribution in [0.25, 0.3) is 0 Å². The van der Waals surface area contributed by atoms with Crippen LogP contribution in [0.15, 0.2) is 18.2 Å². The maximum atomic E-state index is 12.9. The molecule has 1 aliphatic carbocycles. The third-order valence-corrected chi connectivity index (χ3v) is 3.02. The maximum absolute atomic E-state index is 12.9. The molecule has 0 atom stereocenters. The van der Waals surface area contributed by atoms with Gasteiger partial charge in [-0.25, -0.2) is 4.39 Å². The van der Waals surface area contributed by atoms with Gasteiger partial charge in [-0.2, -0.15) is 13.2 Å². The largest absolute Gasteiger partial charge is 0.406 e. The van der Waals surface area contributed by atoms with Gasteiger partial charge in [0.25, 0.3) is 5.91 Å². The van der Waals surface area contributed by atoms with Crippen molar-refractivity contribution in [1.82, 2.24) is 4.90 Å². The van der Waals surface area contributed by atoms with Crippen LogP contribution in [0.3, 0.4) is 0 Å². The Balaban J connectivity index is 2.24. The second kappa shape index (κ2) is 4.83. The Morgan fingerprint density at radius 1 is 1.37 bits per heavy atom. The van der Waals surface area contributed by atoms with Crippen molar-refractivity contribution in [3.8, 4) is 0 Å². The van der Waals surface area contributed by atoms with Gasteiger partial charge >= 0.3 is 6.18 Å². The number of halogens is 4. The van der Waals surface area contributed by atoms with Gasteiger partial charge in [0, 0.05) is 11.6 Å². The number of hydrogen-bond acceptors (Lipinski definition) is 1. The van der Waals surface area contributed by atoms with Gasteiger partial charge in [-0.1, -0.05) is 0 Å². The quantitative estimate of drug-likeness (QED) is 0.775. The zero-order chi connectivity index (χ0) is 14.2. The zero-order valence-corrected chi connectivity index (χ0v) is 10.3. The molecular formula is C13H13F4NO. The van der Waals surface area contributed by atoms with Gasteiger partial charge in [0.1, 0.15) is 12.4 Å². The first-order chi connectivity index (χ1) is 8.78. The summed E-state index contributed by atoms with van der Waals surface area (Å²) in [5, 5.41) is 0. The summed E-state index contributed by atoms with van der Waals surface area (Å²) in [4.78, 5) is 13.0. The van der Waals surface area contributed by atoms with Gasteiger partial charge in [-0.15, -0.1) is 0 Å². The van der Waals surface area contributed by atoms with Crippen molar-refractivity contribution in [2.45, 2.75) is 32.0 Å². The fourth-order valence-electron chi connectivity index (χ4n) is 1.97. The molecule has 1 amide bonds. The van der Waals surface area contributed by atoms with Crippen LogP contribution in [0.1, 0.15) is 28.8 Å². The number of aryl methyl sites for hydroxylation is 1. The van der Waals surface area contributed by atoms with E-state index in [9.17, 15) is 22.4 Å². The Morgan fingerprint density at radius 2 is 2.00 bits per heavy atom. The highest BCUT2D eigenvalue weighted by atomic mass is 19.4. The topological polar surface area (TPSA) is 20.3 Å². The second-order valence-corrected chi connectivity index (χ2v) is 4.74. The minimum atomic E-state index is -4.42. The van der Waals surface area contributed by atoms with Gasteiger partial charge in [0.2, 0.25) is 0 Å². The lowest BCUT2D eigenvalue weighted by Crippen LogP contribution is -2.40. The van der Waals surface area contributed by atoms with E-state index in [1.165, 1.54) is 13.0 Å². The molecule has 2 nitrogen and oxygen atoms in total. The van der Waals surface area contributed by atoms with E-state index in [1.807, 2.05) is 0 Å². The molecule has 104 valence electrons. The summed E-state index contributed by atoms with van der Waals surface area (Å²) in [6.07, 6.45) is -3.25. The van der Waals surface area contributed by atoms with E-state index >= 15 is 0 Å². The van der Waals surface area contributed by atoms with Gasteiger partial charge in [-0.3, -0.25) is 4.79 Å². The standard InChI is InChI=1S/C13H13F4NO/c1-8-6-9(14)2-5-11(8)12(19)18(10-3-4-10)7-13(15,16)17/h2,5-6,10H,3-4,7H2,1H3. The first kappa shape index (κ1) is 13.8. The SMILES string of the molecule is Cc1cc(F)ccc1C(=O)N(CC(F)(F)F)C1CC1. The average Bonchev–Trinajstić information content (AvgIpc) is 3.07. The Bertz CT molecular complexity index is 494. The molecule has 1 aromatic rings. The first-order valence-corrected chi connectivity index (χ1v) is 5.92. The van der Waals surface area contributed by atoms with Gasteiger partial charge in [0.05, 0.1) is 0 Å². The number of hydrogen-bond donors (Lipinski definition) is 0. The number of amides is 1. The molecule has 0 aromatic heterocycles. The predicted molar refractivity (Wildman–Crippen MR) is 61.3 cm³/mol. The predicted octanol–water partition coefficient (Wildman–Crippen LogP) is 3.30. The molecule has 0 saturated heterocycles. The molecule has 0 spiro atoms. The van der Waals surface area contributed by atoms with Crippen molar-refractivity contribution in [2.24, 2.45) is 0 Å². The van der Waals surface area contributed by atoms with Crippen LogP contribution in [0.2, 0.25) is 0 Å². The highest BCUT2D eigenvalue weighted by Crippen LogP contribution is 2.31. The lowest BCUT2D eigenvalue weighted by atomic mass is 10.1. The first-order valence-electron chi connectivity index (χ1n) is 5.92. The van der Waals surface area contributed by atoms with Crippen LogP contribution in [0, 0.1) is 12.7 Å². The molecule has 1 saturated carbocycles. The summed E-state index contributed by atoms with van der Waals surface area (Å²) >= 11 is 0. The number of benzene rings is 1. The molecule has 1 fully saturated rings. The molecule has 0 unspecified atom stereocenters. The van der Waals surface area contributed by atoms with Crippen LogP contribution >= 0.6 is 0 Å². The smallest absolute Gasteiger partial charge is 0.327 e. The molecule has 0 aliphatic heterocycles. The molecule has 2 rings (SSSR count). The molecule has 0 radical (unpaired) electrons. The van der Waals surface area contributed by atoms with Crippen molar-refractivity contribution in [3.05, 3.63) is 35.1 Å². The van der Waals surface area contributed by atoms with Crippen molar-refractivity contribution >= 4 is 5.91 Å². The number of rotatable bonds is 3. The fraction of sp³-hybridized carbons (Fsp3) is 0.462. The number of alkyl halides is 3. The summed E-state index contributed by atoms with van der Waals surface area (Å²) in [7, 11) is 0.